The van der Waals surface area contributed by atoms with E-state index in [2.05, 4.69) is 5.32 Å². The molecule has 1 saturated carbocycles. The summed E-state index contributed by atoms with van der Waals surface area (Å²) in [6, 6.07) is 1.87. The fraction of sp³-hybridized carbons (Fsp3) is 0.273. The zero-order valence-corrected chi connectivity index (χ0v) is 8.82. The Morgan fingerprint density at radius 2 is 2.12 bits per heavy atom. The molecule has 17 heavy (non-hydrogen) atoms. The Bertz CT molecular complexity index is 461. The van der Waals surface area contributed by atoms with Gasteiger partial charge < -0.3 is 5.32 Å². The number of carbonyl (C=O) groups excluding carboxylic acids is 2. The van der Waals surface area contributed by atoms with Gasteiger partial charge in [0.1, 0.15) is 11.6 Å². The van der Waals surface area contributed by atoms with Crippen molar-refractivity contribution in [2.75, 3.05) is 4.90 Å². The van der Waals surface area contributed by atoms with Crippen LogP contribution < -0.4 is 10.2 Å². The first-order chi connectivity index (χ1) is 8.11. The minimum Gasteiger partial charge on any atom is -0.335 e. The number of nitrogens with zero attached hydrogens (tertiary/aromatic N) is 1. The predicted molar refractivity (Wildman–Crippen MR) is 56.5 cm³/mol. The van der Waals surface area contributed by atoms with Crippen molar-refractivity contribution in [1.29, 1.82) is 0 Å². The number of anilines is 1. The Morgan fingerprint density at radius 3 is 2.71 bits per heavy atom. The van der Waals surface area contributed by atoms with Gasteiger partial charge in [0.05, 0.1) is 5.69 Å². The minimum absolute atomic E-state index is 0.0292. The van der Waals surface area contributed by atoms with Gasteiger partial charge in [0.25, 0.3) is 0 Å². The molecule has 1 aliphatic rings. The van der Waals surface area contributed by atoms with Gasteiger partial charge in [-0.1, -0.05) is 0 Å². The third kappa shape index (κ3) is 2.58. The fourth-order valence-corrected chi connectivity index (χ4v) is 1.36. The summed E-state index contributed by atoms with van der Waals surface area (Å²) >= 11 is 0. The maximum absolute atomic E-state index is 13.4. The van der Waals surface area contributed by atoms with E-state index in [-0.39, 0.29) is 12.5 Å². The van der Waals surface area contributed by atoms with E-state index in [1.165, 1.54) is 0 Å². The molecule has 2 rings (SSSR count). The molecule has 1 aliphatic carbocycles. The second kappa shape index (κ2) is 4.48. The van der Waals surface area contributed by atoms with Crippen LogP contribution in [0.3, 0.4) is 0 Å². The number of carbonyl (C=O) groups is 2. The third-order valence-corrected chi connectivity index (χ3v) is 2.40. The van der Waals surface area contributed by atoms with Crippen molar-refractivity contribution in [1.82, 2.24) is 5.32 Å². The summed E-state index contributed by atoms with van der Waals surface area (Å²) in [4.78, 5) is 22.9. The Labute approximate surface area is 96.2 Å². The van der Waals surface area contributed by atoms with E-state index in [1.807, 2.05) is 0 Å². The quantitative estimate of drug-likeness (QED) is 0.819. The number of rotatable bonds is 3. The van der Waals surface area contributed by atoms with E-state index in [9.17, 15) is 18.4 Å². The zero-order valence-electron chi connectivity index (χ0n) is 8.82. The van der Waals surface area contributed by atoms with Crippen LogP contribution in [0.1, 0.15) is 12.8 Å². The highest BCUT2D eigenvalue weighted by Gasteiger charge is 2.27. The van der Waals surface area contributed by atoms with Crippen LogP contribution in [-0.2, 0) is 4.79 Å². The summed E-state index contributed by atoms with van der Waals surface area (Å²) in [5, 5.41) is 2.52. The van der Waals surface area contributed by atoms with Gasteiger partial charge >= 0.3 is 6.03 Å². The SMILES string of the molecule is O=CN(C(=O)NC1CC1)c1cc(F)ccc1F. The topological polar surface area (TPSA) is 49.4 Å². The van der Waals surface area contributed by atoms with Crippen molar-refractivity contribution in [3.05, 3.63) is 29.8 Å². The van der Waals surface area contributed by atoms with Crippen LogP contribution in [0.2, 0.25) is 0 Å². The summed E-state index contributed by atoms with van der Waals surface area (Å²) in [7, 11) is 0. The molecule has 6 heteroatoms. The largest absolute Gasteiger partial charge is 0.335 e. The lowest BCUT2D eigenvalue weighted by atomic mass is 10.3. The average Bonchev–Trinajstić information content (AvgIpc) is 3.08. The smallest absolute Gasteiger partial charge is 0.328 e. The molecule has 0 heterocycles. The number of amides is 3. The first-order valence-electron chi connectivity index (χ1n) is 5.12. The van der Waals surface area contributed by atoms with Crippen molar-refractivity contribution >= 4 is 18.1 Å². The van der Waals surface area contributed by atoms with Gasteiger partial charge in [-0.2, -0.15) is 0 Å². The Morgan fingerprint density at radius 1 is 1.41 bits per heavy atom. The lowest BCUT2D eigenvalue weighted by molar-refractivity contribution is -0.106. The van der Waals surface area contributed by atoms with Gasteiger partial charge in [-0.3, -0.25) is 4.79 Å². The van der Waals surface area contributed by atoms with Gasteiger partial charge in [0.15, 0.2) is 0 Å². The Kier molecular flexibility index (Phi) is 3.03. The number of halogens is 2. The monoisotopic (exact) mass is 240 g/mol. The lowest BCUT2D eigenvalue weighted by Gasteiger charge is -2.16. The number of imide groups is 1. The van der Waals surface area contributed by atoms with Crippen LogP contribution in [0.15, 0.2) is 18.2 Å². The molecular weight excluding hydrogens is 230 g/mol. The number of nitrogens with one attached hydrogen (secondary N) is 1. The standard InChI is InChI=1S/C11H10F2N2O2/c12-7-1-4-9(13)10(5-7)15(6-16)11(17)14-8-2-3-8/h1,4-6,8H,2-3H2,(H,14,17). The normalized spacial score (nSPS) is 14.2. The molecule has 1 aromatic rings. The number of hydrogen-bond donors (Lipinski definition) is 1. The fourth-order valence-electron chi connectivity index (χ4n) is 1.36. The van der Waals surface area contributed by atoms with Gasteiger partial charge in [0, 0.05) is 12.1 Å². The van der Waals surface area contributed by atoms with E-state index in [0.29, 0.717) is 4.90 Å². The minimum atomic E-state index is -0.829. The van der Waals surface area contributed by atoms with Crippen LogP contribution in [0.5, 0.6) is 0 Å². The highest BCUT2D eigenvalue weighted by molar-refractivity contribution is 6.06. The Balaban J connectivity index is 2.23. The summed E-state index contributed by atoms with van der Waals surface area (Å²) < 4.78 is 26.3. The first kappa shape index (κ1) is 11.5. The molecule has 0 bridgehead atoms. The molecule has 1 aromatic carbocycles. The molecule has 0 spiro atoms. The summed E-state index contributed by atoms with van der Waals surface area (Å²) in [5.41, 5.74) is -0.391. The Hall–Kier alpha value is -1.98. The highest BCUT2D eigenvalue weighted by Crippen LogP contribution is 2.22. The van der Waals surface area contributed by atoms with E-state index in [1.54, 1.807) is 0 Å². The van der Waals surface area contributed by atoms with E-state index < -0.39 is 23.4 Å². The zero-order chi connectivity index (χ0) is 12.4. The molecule has 0 radical (unpaired) electrons. The molecule has 0 aromatic heterocycles. The molecule has 1 N–H and O–H groups in total. The van der Waals surface area contributed by atoms with Crippen LogP contribution in [0.4, 0.5) is 19.3 Å². The second-order valence-corrected chi connectivity index (χ2v) is 3.79. The van der Waals surface area contributed by atoms with Gasteiger partial charge in [-0.25, -0.2) is 18.5 Å². The van der Waals surface area contributed by atoms with Crippen molar-refractivity contribution in [3.63, 3.8) is 0 Å². The van der Waals surface area contributed by atoms with E-state index >= 15 is 0 Å². The van der Waals surface area contributed by atoms with Crippen molar-refractivity contribution in [2.45, 2.75) is 18.9 Å². The van der Waals surface area contributed by atoms with E-state index in [0.717, 1.165) is 31.0 Å². The van der Waals surface area contributed by atoms with Gasteiger partial charge in [0.2, 0.25) is 6.41 Å². The number of benzene rings is 1. The third-order valence-electron chi connectivity index (χ3n) is 2.40. The second-order valence-electron chi connectivity index (χ2n) is 3.79. The van der Waals surface area contributed by atoms with Gasteiger partial charge in [-0.05, 0) is 25.0 Å². The van der Waals surface area contributed by atoms with Crippen molar-refractivity contribution in [3.8, 4) is 0 Å². The summed E-state index contributed by atoms with van der Waals surface area (Å²) in [6.07, 6.45) is 1.84. The maximum atomic E-state index is 13.4. The van der Waals surface area contributed by atoms with Crippen molar-refractivity contribution < 1.29 is 18.4 Å². The molecule has 0 aliphatic heterocycles. The highest BCUT2D eigenvalue weighted by atomic mass is 19.1. The van der Waals surface area contributed by atoms with Crippen LogP contribution in [0, 0.1) is 11.6 Å². The lowest BCUT2D eigenvalue weighted by Crippen LogP contribution is -2.40. The molecule has 90 valence electrons. The predicted octanol–water partition coefficient (Wildman–Crippen LogP) is 1.80. The molecule has 3 amide bonds. The van der Waals surface area contributed by atoms with Crippen molar-refractivity contribution in [2.24, 2.45) is 0 Å². The molecule has 0 atom stereocenters. The van der Waals surface area contributed by atoms with Crippen LogP contribution >= 0.6 is 0 Å². The first-order valence-corrected chi connectivity index (χ1v) is 5.12. The molecular formula is C11H10F2N2O2. The molecule has 4 nitrogen and oxygen atoms in total. The number of hydrogen-bond acceptors (Lipinski definition) is 2. The van der Waals surface area contributed by atoms with Crippen LogP contribution in [0.25, 0.3) is 0 Å². The van der Waals surface area contributed by atoms with E-state index in [4.69, 9.17) is 0 Å². The van der Waals surface area contributed by atoms with Gasteiger partial charge in [-0.15, -0.1) is 0 Å². The summed E-state index contributed by atoms with van der Waals surface area (Å²) in [6.45, 7) is 0. The average molecular weight is 240 g/mol. The summed E-state index contributed by atoms with van der Waals surface area (Å²) in [5.74, 6) is -1.54. The maximum Gasteiger partial charge on any atom is 0.328 e. The molecule has 0 unspecified atom stereocenters. The van der Waals surface area contributed by atoms with Crippen LogP contribution in [-0.4, -0.2) is 18.5 Å². The molecule has 1 fully saturated rings. The number of urea groups is 1. The molecule has 0 saturated heterocycles.